The van der Waals surface area contributed by atoms with E-state index < -0.39 is 0 Å². The molecule has 1 aliphatic heterocycles. The maximum absolute atomic E-state index is 13.1. The van der Waals surface area contributed by atoms with Gasteiger partial charge in [-0.2, -0.15) is 0 Å². The van der Waals surface area contributed by atoms with Crippen LogP contribution in [0.25, 0.3) is 0 Å². The maximum Gasteiger partial charge on any atom is 0.253 e. The van der Waals surface area contributed by atoms with Gasteiger partial charge in [-0.25, -0.2) is 4.39 Å². The Balaban J connectivity index is 1.23. The third-order valence-electron chi connectivity index (χ3n) is 5.93. The van der Waals surface area contributed by atoms with Gasteiger partial charge in [-0.3, -0.25) is 9.59 Å². The van der Waals surface area contributed by atoms with Crippen LogP contribution in [0, 0.1) is 5.82 Å². The highest BCUT2D eigenvalue weighted by Gasteiger charge is 2.22. The van der Waals surface area contributed by atoms with Gasteiger partial charge in [0.2, 0.25) is 5.91 Å². The first kappa shape index (κ1) is 22.5. The summed E-state index contributed by atoms with van der Waals surface area (Å²) in [6.45, 7) is 3.11. The first-order chi connectivity index (χ1) is 16.1. The lowest BCUT2D eigenvalue weighted by molar-refractivity contribution is -0.121. The molecule has 0 radical (unpaired) electrons. The van der Waals surface area contributed by atoms with E-state index in [9.17, 15) is 14.0 Å². The Labute approximate surface area is 193 Å². The largest absolute Gasteiger partial charge is 0.368 e. The molecule has 1 aliphatic rings. The molecule has 1 saturated heterocycles. The van der Waals surface area contributed by atoms with Gasteiger partial charge in [-0.05, 0) is 53.9 Å². The summed E-state index contributed by atoms with van der Waals surface area (Å²) in [5, 5.41) is 2.94. The average Bonchev–Trinajstić information content (AvgIpc) is 2.87. The van der Waals surface area contributed by atoms with E-state index in [2.05, 4.69) is 10.2 Å². The fourth-order valence-corrected chi connectivity index (χ4v) is 3.96. The van der Waals surface area contributed by atoms with Crippen LogP contribution in [0.1, 0.15) is 27.9 Å². The number of piperazine rings is 1. The molecule has 33 heavy (non-hydrogen) atoms. The van der Waals surface area contributed by atoms with E-state index in [1.165, 1.54) is 12.1 Å². The van der Waals surface area contributed by atoms with Gasteiger partial charge >= 0.3 is 0 Å². The molecule has 1 heterocycles. The van der Waals surface area contributed by atoms with Crippen molar-refractivity contribution in [3.8, 4) is 0 Å². The third-order valence-corrected chi connectivity index (χ3v) is 5.93. The molecule has 4 rings (SSSR count). The molecule has 0 aliphatic carbocycles. The SMILES string of the molecule is O=C(CCc1ccccc1)NCc1ccc(C(=O)N2CCN(c3ccc(F)cc3)CC2)cc1. The van der Waals surface area contributed by atoms with E-state index in [0.717, 1.165) is 16.8 Å². The number of aryl methyl sites for hydroxylation is 1. The van der Waals surface area contributed by atoms with Gasteiger partial charge < -0.3 is 15.1 Å². The standard InChI is InChI=1S/C27H28FN3O2/c28-24-11-13-25(14-12-24)30-16-18-31(19-17-30)27(33)23-9-6-22(7-10-23)20-29-26(32)15-8-21-4-2-1-3-5-21/h1-7,9-14H,8,15-20H2,(H,29,32). The molecule has 0 aromatic heterocycles. The summed E-state index contributed by atoms with van der Waals surface area (Å²) in [4.78, 5) is 29.0. The fraction of sp³-hybridized carbons (Fsp3) is 0.259. The lowest BCUT2D eigenvalue weighted by Gasteiger charge is -2.36. The van der Waals surface area contributed by atoms with E-state index in [1.54, 1.807) is 12.1 Å². The Morgan fingerprint density at radius 2 is 1.45 bits per heavy atom. The van der Waals surface area contributed by atoms with Gasteiger partial charge in [0.15, 0.2) is 0 Å². The molecule has 5 nitrogen and oxygen atoms in total. The minimum atomic E-state index is -0.247. The Bertz CT molecular complexity index is 1060. The van der Waals surface area contributed by atoms with Crippen LogP contribution in [0.5, 0.6) is 0 Å². The zero-order chi connectivity index (χ0) is 23.0. The minimum absolute atomic E-state index is 0.00667. The number of amides is 2. The number of hydrogen-bond acceptors (Lipinski definition) is 3. The van der Waals surface area contributed by atoms with Crippen molar-refractivity contribution < 1.29 is 14.0 Å². The summed E-state index contributed by atoms with van der Waals surface area (Å²) in [5.41, 5.74) is 3.72. The number of halogens is 1. The van der Waals surface area contributed by atoms with E-state index in [-0.39, 0.29) is 17.6 Å². The highest BCUT2D eigenvalue weighted by molar-refractivity contribution is 5.94. The van der Waals surface area contributed by atoms with Crippen LogP contribution < -0.4 is 10.2 Å². The van der Waals surface area contributed by atoms with Crippen molar-refractivity contribution in [1.29, 1.82) is 0 Å². The quantitative estimate of drug-likeness (QED) is 0.597. The highest BCUT2D eigenvalue weighted by atomic mass is 19.1. The number of benzene rings is 3. The molecule has 1 N–H and O–H groups in total. The summed E-state index contributed by atoms with van der Waals surface area (Å²) in [6, 6.07) is 23.8. The van der Waals surface area contributed by atoms with Crippen molar-refractivity contribution in [1.82, 2.24) is 10.2 Å². The highest BCUT2D eigenvalue weighted by Crippen LogP contribution is 2.18. The zero-order valence-corrected chi connectivity index (χ0v) is 18.5. The maximum atomic E-state index is 13.1. The molecule has 1 fully saturated rings. The van der Waals surface area contributed by atoms with Gasteiger partial charge in [0.1, 0.15) is 5.82 Å². The smallest absolute Gasteiger partial charge is 0.253 e. The molecule has 0 saturated carbocycles. The van der Waals surface area contributed by atoms with Crippen molar-refractivity contribution in [3.63, 3.8) is 0 Å². The van der Waals surface area contributed by atoms with Crippen molar-refractivity contribution in [2.75, 3.05) is 31.1 Å². The number of carbonyl (C=O) groups is 2. The molecule has 170 valence electrons. The van der Waals surface area contributed by atoms with Gasteiger partial charge in [0, 0.05) is 50.4 Å². The lowest BCUT2D eigenvalue weighted by atomic mass is 10.1. The topological polar surface area (TPSA) is 52.7 Å². The number of nitrogens with one attached hydrogen (secondary N) is 1. The van der Waals surface area contributed by atoms with E-state index in [1.807, 2.05) is 59.5 Å². The zero-order valence-electron chi connectivity index (χ0n) is 18.5. The average molecular weight is 446 g/mol. The number of hydrogen-bond donors (Lipinski definition) is 1. The van der Waals surface area contributed by atoms with Crippen LogP contribution in [0.3, 0.4) is 0 Å². The molecular weight excluding hydrogens is 417 g/mol. The normalized spacial score (nSPS) is 13.6. The Kier molecular flexibility index (Phi) is 7.35. The Morgan fingerprint density at radius 3 is 2.12 bits per heavy atom. The minimum Gasteiger partial charge on any atom is -0.368 e. The predicted octanol–water partition coefficient (Wildman–Crippen LogP) is 4.04. The molecule has 0 atom stereocenters. The number of carbonyl (C=O) groups excluding carboxylic acids is 2. The van der Waals surface area contributed by atoms with Crippen molar-refractivity contribution >= 4 is 17.5 Å². The van der Waals surface area contributed by atoms with E-state index in [0.29, 0.717) is 51.1 Å². The van der Waals surface area contributed by atoms with Crippen LogP contribution >= 0.6 is 0 Å². The Hall–Kier alpha value is -3.67. The number of rotatable bonds is 7. The first-order valence-electron chi connectivity index (χ1n) is 11.3. The second kappa shape index (κ2) is 10.8. The lowest BCUT2D eigenvalue weighted by Crippen LogP contribution is -2.48. The molecule has 0 spiro atoms. The molecule has 0 bridgehead atoms. The second-order valence-corrected chi connectivity index (χ2v) is 8.21. The summed E-state index contributed by atoms with van der Waals surface area (Å²) in [7, 11) is 0. The summed E-state index contributed by atoms with van der Waals surface area (Å²) >= 11 is 0. The first-order valence-corrected chi connectivity index (χ1v) is 11.3. The Morgan fingerprint density at radius 1 is 0.788 bits per heavy atom. The summed E-state index contributed by atoms with van der Waals surface area (Å²) in [5.74, 6) is -0.229. The molecule has 3 aromatic rings. The van der Waals surface area contributed by atoms with Gasteiger partial charge in [-0.1, -0.05) is 42.5 Å². The van der Waals surface area contributed by atoms with Crippen molar-refractivity contribution in [2.45, 2.75) is 19.4 Å². The molecule has 2 amide bonds. The third kappa shape index (κ3) is 6.19. The molecular formula is C27H28FN3O2. The summed E-state index contributed by atoms with van der Waals surface area (Å²) in [6.07, 6.45) is 1.17. The van der Waals surface area contributed by atoms with Crippen LogP contribution in [-0.2, 0) is 17.8 Å². The van der Waals surface area contributed by atoms with Crippen LogP contribution in [-0.4, -0.2) is 42.9 Å². The van der Waals surface area contributed by atoms with E-state index in [4.69, 9.17) is 0 Å². The number of anilines is 1. The monoisotopic (exact) mass is 445 g/mol. The molecule has 3 aromatic carbocycles. The van der Waals surface area contributed by atoms with E-state index >= 15 is 0 Å². The molecule has 0 unspecified atom stereocenters. The number of nitrogens with zero attached hydrogens (tertiary/aromatic N) is 2. The van der Waals surface area contributed by atoms with Gasteiger partial charge in [0.05, 0.1) is 0 Å². The van der Waals surface area contributed by atoms with Gasteiger partial charge in [0.25, 0.3) is 5.91 Å². The van der Waals surface area contributed by atoms with Gasteiger partial charge in [-0.15, -0.1) is 0 Å². The fourth-order valence-electron chi connectivity index (χ4n) is 3.96. The molecule has 6 heteroatoms. The van der Waals surface area contributed by atoms with Crippen molar-refractivity contribution in [2.24, 2.45) is 0 Å². The summed E-state index contributed by atoms with van der Waals surface area (Å²) < 4.78 is 13.1. The van der Waals surface area contributed by atoms with Crippen LogP contribution in [0.4, 0.5) is 10.1 Å². The van der Waals surface area contributed by atoms with Crippen LogP contribution in [0.15, 0.2) is 78.9 Å². The predicted molar refractivity (Wildman–Crippen MR) is 128 cm³/mol. The van der Waals surface area contributed by atoms with Crippen molar-refractivity contribution in [3.05, 3.63) is 101 Å². The second-order valence-electron chi connectivity index (χ2n) is 8.21. The van der Waals surface area contributed by atoms with Crippen LogP contribution in [0.2, 0.25) is 0 Å².